The van der Waals surface area contributed by atoms with Crippen LogP contribution in [0.5, 0.6) is 5.75 Å². The topological polar surface area (TPSA) is 41.6 Å². The van der Waals surface area contributed by atoms with E-state index in [1.54, 1.807) is 14.0 Å². The fourth-order valence-electron chi connectivity index (χ4n) is 2.33. The Morgan fingerprint density at radius 2 is 2.39 bits per heavy atom. The minimum Gasteiger partial charge on any atom is -0.497 e. The lowest BCUT2D eigenvalue weighted by molar-refractivity contribution is -0.119. The molecular weight excluding hydrogens is 228 g/mol. The summed E-state index contributed by atoms with van der Waals surface area (Å²) in [5.74, 6) is 1.48. The second kappa shape index (κ2) is 5.76. The van der Waals surface area contributed by atoms with E-state index in [1.165, 1.54) is 5.69 Å². The number of benzene rings is 1. The van der Waals surface area contributed by atoms with Crippen molar-refractivity contribution in [2.45, 2.75) is 13.3 Å². The third-order valence-corrected chi connectivity index (χ3v) is 3.34. The zero-order chi connectivity index (χ0) is 13.0. The van der Waals surface area contributed by atoms with Crippen LogP contribution in [0, 0.1) is 5.92 Å². The molecule has 0 aliphatic carbocycles. The van der Waals surface area contributed by atoms with Crippen molar-refractivity contribution in [3.8, 4) is 5.75 Å². The summed E-state index contributed by atoms with van der Waals surface area (Å²) in [5, 5.41) is 2.89. The number of carbonyl (C=O) groups is 1. The van der Waals surface area contributed by atoms with Crippen molar-refractivity contribution < 1.29 is 9.53 Å². The van der Waals surface area contributed by atoms with E-state index in [2.05, 4.69) is 22.3 Å². The van der Waals surface area contributed by atoms with Crippen molar-refractivity contribution in [2.24, 2.45) is 5.92 Å². The quantitative estimate of drug-likeness (QED) is 0.881. The molecule has 18 heavy (non-hydrogen) atoms. The number of carbonyl (C=O) groups excluding carboxylic acids is 1. The maximum absolute atomic E-state index is 10.9. The zero-order valence-corrected chi connectivity index (χ0v) is 11.0. The van der Waals surface area contributed by atoms with Crippen LogP contribution in [-0.4, -0.2) is 32.7 Å². The summed E-state index contributed by atoms with van der Waals surface area (Å²) < 4.78 is 5.24. The minimum absolute atomic E-state index is 0.0508. The molecular formula is C14H20N2O2. The number of nitrogens with zero attached hydrogens (tertiary/aromatic N) is 1. The van der Waals surface area contributed by atoms with Crippen LogP contribution in [0.3, 0.4) is 0 Å². The SMILES string of the molecule is COc1cccc(N2CCC(CNC(C)=O)C2)c1. The number of rotatable bonds is 4. The second-order valence-electron chi connectivity index (χ2n) is 4.74. The lowest BCUT2D eigenvalue weighted by Gasteiger charge is -2.19. The highest BCUT2D eigenvalue weighted by Crippen LogP contribution is 2.26. The molecule has 2 rings (SSSR count). The van der Waals surface area contributed by atoms with E-state index in [-0.39, 0.29) is 5.91 Å². The highest BCUT2D eigenvalue weighted by atomic mass is 16.5. The molecule has 0 bridgehead atoms. The van der Waals surface area contributed by atoms with Crippen LogP contribution in [0.2, 0.25) is 0 Å². The highest BCUT2D eigenvalue weighted by Gasteiger charge is 2.22. The van der Waals surface area contributed by atoms with E-state index in [4.69, 9.17) is 4.74 Å². The van der Waals surface area contributed by atoms with Crippen molar-refractivity contribution in [2.75, 3.05) is 31.6 Å². The average Bonchev–Trinajstić information content (AvgIpc) is 2.85. The van der Waals surface area contributed by atoms with E-state index in [1.807, 2.05) is 12.1 Å². The molecule has 1 aliphatic rings. The van der Waals surface area contributed by atoms with Crippen LogP contribution < -0.4 is 15.0 Å². The summed E-state index contributed by atoms with van der Waals surface area (Å²) in [6, 6.07) is 8.12. The number of nitrogens with one attached hydrogen (secondary N) is 1. The average molecular weight is 248 g/mol. The molecule has 1 heterocycles. The van der Waals surface area contributed by atoms with Gasteiger partial charge in [-0.2, -0.15) is 0 Å². The Morgan fingerprint density at radius 3 is 3.11 bits per heavy atom. The van der Waals surface area contributed by atoms with Crippen LogP contribution in [-0.2, 0) is 4.79 Å². The molecule has 1 amide bonds. The van der Waals surface area contributed by atoms with Crippen molar-refractivity contribution in [3.63, 3.8) is 0 Å². The first-order valence-electron chi connectivity index (χ1n) is 6.32. The Labute approximate surface area is 108 Å². The largest absolute Gasteiger partial charge is 0.497 e. The lowest BCUT2D eigenvalue weighted by atomic mass is 10.1. The zero-order valence-electron chi connectivity index (χ0n) is 11.0. The molecule has 1 aromatic carbocycles. The molecule has 1 atom stereocenters. The van der Waals surface area contributed by atoms with Gasteiger partial charge in [0.1, 0.15) is 5.75 Å². The molecule has 1 fully saturated rings. The van der Waals surface area contributed by atoms with Gasteiger partial charge in [0.25, 0.3) is 0 Å². The predicted molar refractivity (Wildman–Crippen MR) is 72.0 cm³/mol. The third-order valence-electron chi connectivity index (χ3n) is 3.34. The number of hydrogen-bond acceptors (Lipinski definition) is 3. The highest BCUT2D eigenvalue weighted by molar-refractivity contribution is 5.72. The van der Waals surface area contributed by atoms with Gasteiger partial charge in [-0.15, -0.1) is 0 Å². The Bertz CT molecular complexity index is 420. The smallest absolute Gasteiger partial charge is 0.216 e. The van der Waals surface area contributed by atoms with Crippen LogP contribution in [0.4, 0.5) is 5.69 Å². The molecule has 4 heteroatoms. The van der Waals surface area contributed by atoms with Crippen LogP contribution in [0.15, 0.2) is 24.3 Å². The van der Waals surface area contributed by atoms with Gasteiger partial charge in [0, 0.05) is 38.3 Å². The van der Waals surface area contributed by atoms with Crippen LogP contribution in [0.1, 0.15) is 13.3 Å². The first-order valence-corrected chi connectivity index (χ1v) is 6.32. The first kappa shape index (κ1) is 12.7. The minimum atomic E-state index is 0.0508. The fourth-order valence-corrected chi connectivity index (χ4v) is 2.33. The normalized spacial score (nSPS) is 18.8. The predicted octanol–water partition coefficient (Wildman–Crippen LogP) is 1.66. The Morgan fingerprint density at radius 1 is 1.56 bits per heavy atom. The summed E-state index contributed by atoms with van der Waals surface area (Å²) in [4.78, 5) is 13.2. The van der Waals surface area contributed by atoms with Gasteiger partial charge < -0.3 is 15.0 Å². The number of hydrogen-bond donors (Lipinski definition) is 1. The summed E-state index contributed by atoms with van der Waals surface area (Å²) >= 11 is 0. The molecule has 0 radical (unpaired) electrons. The van der Waals surface area contributed by atoms with E-state index >= 15 is 0 Å². The summed E-state index contributed by atoms with van der Waals surface area (Å²) in [5.41, 5.74) is 1.19. The molecule has 1 aliphatic heterocycles. The third kappa shape index (κ3) is 3.15. The van der Waals surface area contributed by atoms with Crippen LogP contribution >= 0.6 is 0 Å². The molecule has 98 valence electrons. The van der Waals surface area contributed by atoms with Gasteiger partial charge in [0.05, 0.1) is 7.11 Å². The molecule has 4 nitrogen and oxygen atoms in total. The Hall–Kier alpha value is -1.71. The fraction of sp³-hybridized carbons (Fsp3) is 0.500. The van der Waals surface area contributed by atoms with Crippen molar-refractivity contribution in [1.82, 2.24) is 5.32 Å². The Kier molecular flexibility index (Phi) is 4.07. The van der Waals surface area contributed by atoms with Gasteiger partial charge in [-0.3, -0.25) is 4.79 Å². The van der Waals surface area contributed by atoms with Gasteiger partial charge in [0.2, 0.25) is 5.91 Å². The van der Waals surface area contributed by atoms with Gasteiger partial charge in [-0.25, -0.2) is 0 Å². The maximum atomic E-state index is 10.9. The van der Waals surface area contributed by atoms with Gasteiger partial charge in [0.15, 0.2) is 0 Å². The first-order chi connectivity index (χ1) is 8.69. The van der Waals surface area contributed by atoms with E-state index in [0.717, 1.165) is 31.8 Å². The lowest BCUT2D eigenvalue weighted by Crippen LogP contribution is -2.29. The van der Waals surface area contributed by atoms with Crippen molar-refractivity contribution >= 4 is 11.6 Å². The summed E-state index contributed by atoms with van der Waals surface area (Å²) in [7, 11) is 1.68. The number of ether oxygens (including phenoxy) is 1. The molecule has 1 unspecified atom stereocenters. The monoisotopic (exact) mass is 248 g/mol. The Balaban J connectivity index is 1.93. The summed E-state index contributed by atoms with van der Waals surface area (Å²) in [6.45, 7) is 4.37. The number of anilines is 1. The van der Waals surface area contributed by atoms with Gasteiger partial charge in [-0.1, -0.05) is 6.07 Å². The van der Waals surface area contributed by atoms with Gasteiger partial charge in [-0.05, 0) is 24.5 Å². The van der Waals surface area contributed by atoms with Gasteiger partial charge >= 0.3 is 0 Å². The van der Waals surface area contributed by atoms with E-state index in [9.17, 15) is 4.79 Å². The number of methoxy groups -OCH3 is 1. The maximum Gasteiger partial charge on any atom is 0.216 e. The van der Waals surface area contributed by atoms with E-state index in [0.29, 0.717) is 5.92 Å². The molecule has 0 saturated carbocycles. The van der Waals surface area contributed by atoms with Crippen LogP contribution in [0.25, 0.3) is 0 Å². The molecule has 1 N–H and O–H groups in total. The summed E-state index contributed by atoms with van der Waals surface area (Å²) in [6.07, 6.45) is 1.12. The molecule has 0 aromatic heterocycles. The molecule has 1 aromatic rings. The van der Waals surface area contributed by atoms with Crippen molar-refractivity contribution in [1.29, 1.82) is 0 Å². The second-order valence-corrected chi connectivity index (χ2v) is 4.74. The van der Waals surface area contributed by atoms with E-state index < -0.39 is 0 Å². The number of amides is 1. The standard InChI is InChI=1S/C14H20N2O2/c1-11(17)15-9-12-6-7-16(10-12)13-4-3-5-14(8-13)18-2/h3-5,8,12H,6-7,9-10H2,1-2H3,(H,15,17). The van der Waals surface area contributed by atoms with Crippen molar-refractivity contribution in [3.05, 3.63) is 24.3 Å². The molecule has 0 spiro atoms. The molecule has 1 saturated heterocycles.